The van der Waals surface area contributed by atoms with Crippen LogP contribution in [-0.2, 0) is 6.54 Å². The van der Waals surface area contributed by atoms with Crippen LogP contribution < -0.4 is 11.5 Å². The first-order valence-corrected chi connectivity index (χ1v) is 7.05. The number of fused-ring (bicyclic) bond motifs is 3. The van der Waals surface area contributed by atoms with Gasteiger partial charge in [0.2, 0.25) is 11.8 Å². The summed E-state index contributed by atoms with van der Waals surface area (Å²) in [5, 5.41) is 9.45. The van der Waals surface area contributed by atoms with Crippen molar-refractivity contribution in [1.82, 2.24) is 39.3 Å². The zero-order valence-electron chi connectivity index (χ0n) is 12.4. The van der Waals surface area contributed by atoms with Crippen molar-refractivity contribution in [3.63, 3.8) is 0 Å². The smallest absolute Gasteiger partial charge is 0.225 e. The summed E-state index contributed by atoms with van der Waals surface area (Å²) in [6, 6.07) is 0. The molecule has 0 saturated heterocycles. The summed E-state index contributed by atoms with van der Waals surface area (Å²) in [6.45, 7) is 2.86. The van der Waals surface area contributed by atoms with Crippen molar-refractivity contribution in [2.45, 2.75) is 13.5 Å². The van der Waals surface area contributed by atoms with Gasteiger partial charge in [-0.05, 0) is 6.92 Å². The molecule has 10 heteroatoms. The fourth-order valence-corrected chi connectivity index (χ4v) is 2.47. The van der Waals surface area contributed by atoms with Gasteiger partial charge in [-0.3, -0.25) is 4.98 Å². The van der Waals surface area contributed by atoms with Crippen LogP contribution in [0.4, 0.5) is 5.95 Å². The monoisotopic (exact) mass is 310 g/mol. The Bertz CT molecular complexity index is 1010. The molecule has 0 aliphatic carbocycles. The fraction of sp³-hybridized carbons (Fsp3) is 0.231. The molecule has 0 unspecified atom stereocenters. The van der Waals surface area contributed by atoms with Crippen LogP contribution >= 0.6 is 0 Å². The number of aryl methyl sites for hydroxylation is 1. The second-order valence-electron chi connectivity index (χ2n) is 5.02. The van der Waals surface area contributed by atoms with E-state index in [1.54, 1.807) is 23.3 Å². The number of nitrogens with zero attached hydrogens (tertiary/aromatic N) is 8. The summed E-state index contributed by atoms with van der Waals surface area (Å²) >= 11 is 0. The van der Waals surface area contributed by atoms with Crippen molar-refractivity contribution >= 4 is 22.6 Å². The summed E-state index contributed by atoms with van der Waals surface area (Å²) < 4.78 is 3.19. The molecule has 4 aromatic rings. The molecule has 0 atom stereocenters. The Labute approximate surface area is 130 Å². The van der Waals surface area contributed by atoms with Crippen molar-refractivity contribution in [2.75, 3.05) is 12.3 Å². The molecular formula is C13H14N10. The van der Waals surface area contributed by atoms with Crippen molar-refractivity contribution in [2.24, 2.45) is 5.73 Å². The molecule has 23 heavy (non-hydrogen) atoms. The van der Waals surface area contributed by atoms with Gasteiger partial charge >= 0.3 is 0 Å². The lowest BCUT2D eigenvalue weighted by atomic mass is 10.3. The molecule has 4 N–H and O–H groups in total. The molecule has 0 fully saturated rings. The highest BCUT2D eigenvalue weighted by molar-refractivity contribution is 5.90. The molecule has 10 nitrogen and oxygen atoms in total. The predicted octanol–water partition coefficient (Wildman–Crippen LogP) is -0.220. The lowest BCUT2D eigenvalue weighted by Gasteiger charge is -2.01. The summed E-state index contributed by atoms with van der Waals surface area (Å²) in [5.41, 5.74) is 14.2. The maximum Gasteiger partial charge on any atom is 0.225 e. The molecule has 0 saturated carbocycles. The summed E-state index contributed by atoms with van der Waals surface area (Å²) in [4.78, 5) is 17.4. The zero-order chi connectivity index (χ0) is 16.0. The molecule has 4 rings (SSSR count). The third-order valence-corrected chi connectivity index (χ3v) is 3.53. The van der Waals surface area contributed by atoms with Gasteiger partial charge in [0.05, 0.1) is 23.8 Å². The normalized spacial score (nSPS) is 11.6. The lowest BCUT2D eigenvalue weighted by Crippen LogP contribution is -2.12. The first kappa shape index (κ1) is 13.5. The zero-order valence-corrected chi connectivity index (χ0v) is 12.4. The number of rotatable bonds is 3. The Hall–Kier alpha value is -3.14. The molecule has 116 valence electrons. The predicted molar refractivity (Wildman–Crippen MR) is 83.3 cm³/mol. The molecule has 0 radical (unpaired) electrons. The van der Waals surface area contributed by atoms with E-state index in [1.807, 2.05) is 6.92 Å². The van der Waals surface area contributed by atoms with Gasteiger partial charge in [0.25, 0.3) is 0 Å². The minimum atomic E-state index is 0.228. The molecule has 0 aliphatic heterocycles. The number of hydrogen-bond donors (Lipinski definition) is 2. The van der Waals surface area contributed by atoms with Crippen LogP contribution in [0.1, 0.15) is 5.69 Å². The van der Waals surface area contributed by atoms with E-state index < -0.39 is 0 Å². The Morgan fingerprint density at radius 2 is 1.96 bits per heavy atom. The minimum Gasteiger partial charge on any atom is -0.368 e. The number of aromatic nitrogens is 8. The van der Waals surface area contributed by atoms with Gasteiger partial charge in [-0.2, -0.15) is 14.6 Å². The van der Waals surface area contributed by atoms with Crippen LogP contribution in [0.15, 0.2) is 18.6 Å². The molecule has 0 amide bonds. The first-order chi connectivity index (χ1) is 11.2. The molecule has 4 aromatic heterocycles. The molecule has 0 aromatic carbocycles. The Balaban J connectivity index is 2.00. The van der Waals surface area contributed by atoms with Crippen molar-refractivity contribution in [3.8, 4) is 11.5 Å². The average molecular weight is 310 g/mol. The summed E-state index contributed by atoms with van der Waals surface area (Å²) in [5.74, 6) is 0.676. The SMILES string of the molecule is Cc1nccnc1-c1nc2c3cnn(CCN)c3nc(N)n2n1. The second-order valence-corrected chi connectivity index (χ2v) is 5.02. The topological polar surface area (TPSA) is 139 Å². The number of nitrogen functional groups attached to an aromatic ring is 1. The van der Waals surface area contributed by atoms with Crippen LogP contribution in [0.3, 0.4) is 0 Å². The second kappa shape index (κ2) is 4.95. The van der Waals surface area contributed by atoms with E-state index in [-0.39, 0.29) is 5.95 Å². The molecule has 0 aliphatic rings. The summed E-state index contributed by atoms with van der Waals surface area (Å²) in [7, 11) is 0. The van der Waals surface area contributed by atoms with Gasteiger partial charge in [-0.25, -0.2) is 14.6 Å². The van der Waals surface area contributed by atoms with Gasteiger partial charge < -0.3 is 11.5 Å². The van der Waals surface area contributed by atoms with Crippen LogP contribution in [-0.4, -0.2) is 45.9 Å². The highest BCUT2D eigenvalue weighted by atomic mass is 15.4. The Morgan fingerprint density at radius 3 is 2.74 bits per heavy atom. The van der Waals surface area contributed by atoms with E-state index >= 15 is 0 Å². The van der Waals surface area contributed by atoms with E-state index in [0.717, 1.165) is 11.1 Å². The number of anilines is 1. The number of nitrogens with two attached hydrogens (primary N) is 2. The Morgan fingerprint density at radius 1 is 1.13 bits per heavy atom. The highest BCUT2D eigenvalue weighted by Crippen LogP contribution is 2.23. The molecular weight excluding hydrogens is 296 g/mol. The fourth-order valence-electron chi connectivity index (χ4n) is 2.47. The van der Waals surface area contributed by atoms with Crippen molar-refractivity contribution < 1.29 is 0 Å². The van der Waals surface area contributed by atoms with Gasteiger partial charge in [0, 0.05) is 18.9 Å². The quantitative estimate of drug-likeness (QED) is 0.529. The van der Waals surface area contributed by atoms with E-state index in [2.05, 4.69) is 30.1 Å². The van der Waals surface area contributed by atoms with Gasteiger partial charge in [0.1, 0.15) is 5.69 Å². The van der Waals surface area contributed by atoms with Gasteiger partial charge in [-0.15, -0.1) is 5.10 Å². The van der Waals surface area contributed by atoms with E-state index in [1.165, 1.54) is 4.52 Å². The number of hydrogen-bond acceptors (Lipinski definition) is 8. The lowest BCUT2D eigenvalue weighted by molar-refractivity contribution is 0.640. The average Bonchev–Trinajstić information content (AvgIpc) is 3.13. The molecule has 0 spiro atoms. The van der Waals surface area contributed by atoms with Crippen LogP contribution in [0.5, 0.6) is 0 Å². The van der Waals surface area contributed by atoms with Crippen molar-refractivity contribution in [1.29, 1.82) is 0 Å². The van der Waals surface area contributed by atoms with Crippen LogP contribution in [0.25, 0.3) is 28.2 Å². The molecule has 4 heterocycles. The van der Waals surface area contributed by atoms with Gasteiger partial charge in [-0.1, -0.05) is 0 Å². The Kier molecular flexibility index (Phi) is 2.91. The third kappa shape index (κ3) is 1.99. The van der Waals surface area contributed by atoms with E-state index in [9.17, 15) is 0 Å². The standard InChI is InChI=1S/C13H14N10/c1-7-9(17-4-3-16-7)10-19-12-8-6-18-22(5-2-14)11(8)20-13(15)23(12)21-10/h3-4,6H,2,5,14H2,1H3,(H2,15,20). The van der Waals surface area contributed by atoms with Crippen LogP contribution in [0, 0.1) is 6.92 Å². The maximum absolute atomic E-state index is 6.02. The molecule has 0 bridgehead atoms. The minimum absolute atomic E-state index is 0.228. The summed E-state index contributed by atoms with van der Waals surface area (Å²) in [6.07, 6.45) is 4.92. The van der Waals surface area contributed by atoms with Crippen LogP contribution in [0.2, 0.25) is 0 Å². The largest absolute Gasteiger partial charge is 0.368 e. The third-order valence-electron chi connectivity index (χ3n) is 3.53. The first-order valence-electron chi connectivity index (χ1n) is 7.05. The van der Waals surface area contributed by atoms with E-state index in [4.69, 9.17) is 11.5 Å². The van der Waals surface area contributed by atoms with E-state index in [0.29, 0.717) is 35.9 Å². The van der Waals surface area contributed by atoms with Crippen molar-refractivity contribution in [3.05, 3.63) is 24.3 Å². The highest BCUT2D eigenvalue weighted by Gasteiger charge is 2.17. The maximum atomic E-state index is 6.02. The van der Waals surface area contributed by atoms with Gasteiger partial charge in [0.15, 0.2) is 11.3 Å².